The van der Waals surface area contributed by atoms with E-state index in [2.05, 4.69) is 20.4 Å². The third-order valence-electron chi connectivity index (χ3n) is 6.03. The van der Waals surface area contributed by atoms with Crippen LogP contribution in [0.25, 0.3) is 0 Å². The molecule has 2 N–H and O–H groups in total. The minimum atomic E-state index is -0.632. The molecule has 0 aliphatic carbocycles. The van der Waals surface area contributed by atoms with Crippen LogP contribution in [0.2, 0.25) is 0 Å². The van der Waals surface area contributed by atoms with Gasteiger partial charge in [0.1, 0.15) is 11.6 Å². The van der Waals surface area contributed by atoms with Gasteiger partial charge in [-0.1, -0.05) is 12.1 Å². The van der Waals surface area contributed by atoms with Crippen molar-refractivity contribution in [2.24, 2.45) is 0 Å². The normalized spacial score (nSPS) is 18.9. The Morgan fingerprint density at radius 1 is 1.06 bits per heavy atom. The Labute approximate surface area is 198 Å². The van der Waals surface area contributed by atoms with Crippen LogP contribution in [0.3, 0.4) is 0 Å². The van der Waals surface area contributed by atoms with Gasteiger partial charge in [0.15, 0.2) is 0 Å². The Bertz CT molecular complexity index is 1050. The fourth-order valence-electron chi connectivity index (χ4n) is 4.31. The van der Waals surface area contributed by atoms with Crippen LogP contribution in [0.15, 0.2) is 59.8 Å². The number of nitrogens with one attached hydrogen (secondary N) is 2. The third-order valence-corrected chi connectivity index (χ3v) is 6.03. The van der Waals surface area contributed by atoms with E-state index in [0.717, 1.165) is 37.4 Å². The van der Waals surface area contributed by atoms with Crippen molar-refractivity contribution in [3.8, 4) is 5.75 Å². The molecular formula is C25H29FN4O4. The Morgan fingerprint density at radius 2 is 1.74 bits per heavy atom. The van der Waals surface area contributed by atoms with Gasteiger partial charge in [0.2, 0.25) is 0 Å². The van der Waals surface area contributed by atoms with Crippen LogP contribution in [0.5, 0.6) is 5.75 Å². The van der Waals surface area contributed by atoms with Gasteiger partial charge in [0.05, 0.1) is 25.3 Å². The molecule has 0 aromatic heterocycles. The molecule has 0 saturated carbocycles. The summed E-state index contributed by atoms with van der Waals surface area (Å²) in [5, 5.41) is 5.66. The molecule has 1 fully saturated rings. The van der Waals surface area contributed by atoms with E-state index in [4.69, 9.17) is 9.47 Å². The lowest BCUT2D eigenvalue weighted by molar-refractivity contribution is -0.136. The van der Waals surface area contributed by atoms with Crippen LogP contribution in [-0.4, -0.2) is 63.3 Å². The van der Waals surface area contributed by atoms with E-state index in [9.17, 15) is 14.0 Å². The molecule has 2 amide bonds. The average Bonchev–Trinajstić information content (AvgIpc) is 2.85. The zero-order valence-corrected chi connectivity index (χ0v) is 19.3. The Kier molecular flexibility index (Phi) is 7.32. The lowest BCUT2D eigenvalue weighted by Gasteiger charge is -2.38. The van der Waals surface area contributed by atoms with Crippen LogP contribution >= 0.6 is 0 Å². The van der Waals surface area contributed by atoms with Gasteiger partial charge in [-0.2, -0.15) is 0 Å². The summed E-state index contributed by atoms with van der Waals surface area (Å²) in [7, 11) is 1.33. The molecule has 8 nitrogen and oxygen atoms in total. The molecule has 1 saturated heterocycles. The SMILES string of the molecule is CCOc1ccc([C@H]2NC(=O)NC(CN3CCN(c4ccc(F)cc4)CC3)=C2C(=O)OC)cc1. The second kappa shape index (κ2) is 10.6. The number of hydrogen-bond donors (Lipinski definition) is 2. The number of ether oxygens (including phenoxy) is 2. The molecule has 0 radical (unpaired) electrons. The van der Waals surface area contributed by atoms with E-state index < -0.39 is 12.0 Å². The van der Waals surface area contributed by atoms with E-state index in [1.54, 1.807) is 12.1 Å². The monoisotopic (exact) mass is 468 g/mol. The van der Waals surface area contributed by atoms with Crippen LogP contribution in [0.1, 0.15) is 18.5 Å². The van der Waals surface area contributed by atoms with Crippen molar-refractivity contribution in [2.45, 2.75) is 13.0 Å². The first kappa shape index (κ1) is 23.6. The zero-order valence-electron chi connectivity index (χ0n) is 19.3. The zero-order chi connectivity index (χ0) is 24.1. The summed E-state index contributed by atoms with van der Waals surface area (Å²) in [6, 6.07) is 12.8. The summed E-state index contributed by atoms with van der Waals surface area (Å²) in [6.45, 7) is 5.82. The quantitative estimate of drug-likeness (QED) is 0.608. The maximum absolute atomic E-state index is 13.2. The number of amides is 2. The number of piperazine rings is 1. The molecule has 2 aromatic carbocycles. The first-order valence-electron chi connectivity index (χ1n) is 11.3. The number of hydrogen-bond acceptors (Lipinski definition) is 6. The second-order valence-electron chi connectivity index (χ2n) is 8.16. The van der Waals surface area contributed by atoms with Gasteiger partial charge in [0, 0.05) is 44.1 Å². The highest BCUT2D eigenvalue weighted by molar-refractivity contribution is 5.95. The highest BCUT2D eigenvalue weighted by atomic mass is 19.1. The number of benzene rings is 2. The summed E-state index contributed by atoms with van der Waals surface area (Å²) in [4.78, 5) is 29.7. The summed E-state index contributed by atoms with van der Waals surface area (Å²) in [5.74, 6) is -0.0333. The van der Waals surface area contributed by atoms with Crippen LogP contribution in [-0.2, 0) is 9.53 Å². The van der Waals surface area contributed by atoms with Crippen LogP contribution < -0.4 is 20.3 Å². The van der Waals surface area contributed by atoms with Crippen molar-refractivity contribution >= 4 is 17.7 Å². The number of methoxy groups -OCH3 is 1. The van der Waals surface area contributed by atoms with Gasteiger partial charge in [-0.15, -0.1) is 0 Å². The van der Waals surface area contributed by atoms with Gasteiger partial charge in [-0.05, 0) is 48.9 Å². The van der Waals surface area contributed by atoms with Gasteiger partial charge < -0.3 is 25.0 Å². The van der Waals surface area contributed by atoms with Gasteiger partial charge >= 0.3 is 12.0 Å². The second-order valence-corrected chi connectivity index (χ2v) is 8.16. The molecule has 1 atom stereocenters. The average molecular weight is 469 g/mol. The molecule has 0 spiro atoms. The molecule has 180 valence electrons. The number of anilines is 1. The summed E-state index contributed by atoms with van der Waals surface area (Å²) >= 11 is 0. The third kappa shape index (κ3) is 5.31. The van der Waals surface area contributed by atoms with Crippen molar-refractivity contribution in [1.29, 1.82) is 0 Å². The summed E-state index contributed by atoms with van der Waals surface area (Å²) in [6.07, 6.45) is 0. The molecule has 2 heterocycles. The van der Waals surface area contributed by atoms with E-state index in [1.165, 1.54) is 19.2 Å². The molecule has 0 bridgehead atoms. The molecule has 4 rings (SSSR count). The van der Waals surface area contributed by atoms with Gasteiger partial charge in [0.25, 0.3) is 0 Å². The van der Waals surface area contributed by atoms with Crippen molar-refractivity contribution in [2.75, 3.05) is 51.3 Å². The number of halogens is 1. The largest absolute Gasteiger partial charge is 0.494 e. The van der Waals surface area contributed by atoms with Crippen LogP contribution in [0, 0.1) is 5.82 Å². The molecule has 2 aliphatic rings. The number of urea groups is 1. The number of carbonyl (C=O) groups excluding carboxylic acids is 2. The Hall–Kier alpha value is -3.59. The number of esters is 1. The molecule has 2 aliphatic heterocycles. The maximum Gasteiger partial charge on any atom is 0.338 e. The molecule has 0 unspecified atom stereocenters. The Balaban J connectivity index is 1.52. The molecule has 9 heteroatoms. The molecule has 2 aromatic rings. The number of rotatable bonds is 7. The fourth-order valence-corrected chi connectivity index (χ4v) is 4.31. The smallest absolute Gasteiger partial charge is 0.338 e. The first-order chi connectivity index (χ1) is 16.5. The van der Waals surface area contributed by atoms with E-state index in [-0.39, 0.29) is 11.8 Å². The van der Waals surface area contributed by atoms with Crippen molar-refractivity contribution in [3.05, 3.63) is 71.2 Å². The minimum absolute atomic E-state index is 0.256. The predicted octanol–water partition coefficient (Wildman–Crippen LogP) is 2.83. The maximum atomic E-state index is 13.2. The molecular weight excluding hydrogens is 439 g/mol. The van der Waals surface area contributed by atoms with E-state index in [0.29, 0.717) is 30.2 Å². The van der Waals surface area contributed by atoms with Crippen molar-refractivity contribution in [3.63, 3.8) is 0 Å². The van der Waals surface area contributed by atoms with Gasteiger partial charge in [-0.3, -0.25) is 4.90 Å². The fraction of sp³-hybridized carbons (Fsp3) is 0.360. The lowest BCUT2D eigenvalue weighted by Crippen LogP contribution is -2.51. The van der Waals surface area contributed by atoms with Crippen molar-refractivity contribution < 1.29 is 23.5 Å². The number of carbonyl (C=O) groups is 2. The lowest BCUT2D eigenvalue weighted by atomic mass is 9.95. The highest BCUT2D eigenvalue weighted by Gasteiger charge is 2.34. The van der Waals surface area contributed by atoms with E-state index >= 15 is 0 Å². The van der Waals surface area contributed by atoms with Crippen molar-refractivity contribution in [1.82, 2.24) is 15.5 Å². The number of nitrogens with zero attached hydrogens (tertiary/aromatic N) is 2. The summed E-state index contributed by atoms with van der Waals surface area (Å²) in [5.41, 5.74) is 2.65. The Morgan fingerprint density at radius 3 is 2.35 bits per heavy atom. The first-order valence-corrected chi connectivity index (χ1v) is 11.3. The predicted molar refractivity (Wildman–Crippen MR) is 126 cm³/mol. The van der Waals surface area contributed by atoms with Crippen LogP contribution in [0.4, 0.5) is 14.9 Å². The molecule has 34 heavy (non-hydrogen) atoms. The topological polar surface area (TPSA) is 83.1 Å². The minimum Gasteiger partial charge on any atom is -0.494 e. The summed E-state index contributed by atoms with van der Waals surface area (Å²) < 4.78 is 23.8. The van der Waals surface area contributed by atoms with Gasteiger partial charge in [-0.25, -0.2) is 14.0 Å². The van der Waals surface area contributed by atoms with E-state index in [1.807, 2.05) is 31.2 Å². The standard InChI is InChI=1S/C25H29FN4O4/c1-3-34-20-10-4-17(5-11-20)23-22(24(31)33-2)21(27-25(32)28-23)16-29-12-14-30(15-13-29)19-8-6-18(26)7-9-19/h4-11,23H,3,12-16H2,1-2H3,(H2,27,28,32)/t23-/m1/s1. The highest BCUT2D eigenvalue weighted by Crippen LogP contribution is 2.29.